The smallest absolute Gasteiger partial charge is 0.130 e. The average Bonchev–Trinajstić information content (AvgIpc) is 2.99. The van der Waals surface area contributed by atoms with E-state index in [4.69, 9.17) is 4.98 Å². The number of nitrogens with zero attached hydrogens (tertiary/aromatic N) is 3. The van der Waals surface area contributed by atoms with Gasteiger partial charge in [-0.2, -0.15) is 5.26 Å². The van der Waals surface area contributed by atoms with Gasteiger partial charge in [0, 0.05) is 19.0 Å². The van der Waals surface area contributed by atoms with Gasteiger partial charge in [0.25, 0.3) is 0 Å². The van der Waals surface area contributed by atoms with Gasteiger partial charge in [-0.25, -0.2) is 4.98 Å². The topological polar surface area (TPSA) is 39.9 Å². The van der Waals surface area contributed by atoms with Crippen molar-refractivity contribution < 1.29 is 0 Å². The molecule has 0 aliphatic heterocycles. The van der Waals surface area contributed by atoms with E-state index in [1.165, 1.54) is 25.7 Å². The third kappa shape index (κ3) is 2.46. The maximum absolute atomic E-state index is 9.33. The highest BCUT2D eigenvalue weighted by Gasteiger charge is 2.18. The van der Waals surface area contributed by atoms with Crippen LogP contribution in [0.1, 0.15) is 31.2 Å². The van der Waals surface area contributed by atoms with E-state index < -0.39 is 0 Å². The van der Waals surface area contributed by atoms with Crippen molar-refractivity contribution in [2.45, 2.75) is 25.7 Å². The van der Waals surface area contributed by atoms with E-state index in [0.29, 0.717) is 5.56 Å². The van der Waals surface area contributed by atoms with Crippen molar-refractivity contribution >= 4 is 16.7 Å². The van der Waals surface area contributed by atoms with E-state index in [0.717, 1.165) is 29.2 Å². The van der Waals surface area contributed by atoms with Gasteiger partial charge in [0.15, 0.2) is 0 Å². The number of aromatic nitrogens is 1. The van der Waals surface area contributed by atoms with Gasteiger partial charge in [0.05, 0.1) is 17.1 Å². The third-order valence-corrected chi connectivity index (χ3v) is 4.22. The zero-order valence-electron chi connectivity index (χ0n) is 11.8. The lowest BCUT2D eigenvalue weighted by molar-refractivity contribution is 0.545. The Morgan fingerprint density at radius 3 is 2.80 bits per heavy atom. The van der Waals surface area contributed by atoms with Crippen molar-refractivity contribution in [2.24, 2.45) is 5.92 Å². The maximum Gasteiger partial charge on any atom is 0.130 e. The fourth-order valence-corrected chi connectivity index (χ4v) is 3.12. The van der Waals surface area contributed by atoms with Crippen LogP contribution in [0, 0.1) is 17.2 Å². The van der Waals surface area contributed by atoms with Crippen molar-refractivity contribution in [1.82, 2.24) is 4.98 Å². The van der Waals surface area contributed by atoms with Crippen molar-refractivity contribution in [1.29, 1.82) is 5.26 Å². The first-order valence-electron chi connectivity index (χ1n) is 7.29. The quantitative estimate of drug-likeness (QED) is 0.849. The summed E-state index contributed by atoms with van der Waals surface area (Å²) in [5.41, 5.74) is 1.61. The molecule has 0 bridgehead atoms. The summed E-state index contributed by atoms with van der Waals surface area (Å²) in [7, 11) is 2.08. The molecule has 3 heteroatoms. The number of benzene rings is 1. The molecule has 1 fully saturated rings. The van der Waals surface area contributed by atoms with Crippen molar-refractivity contribution in [2.75, 3.05) is 18.5 Å². The SMILES string of the molecule is CN(CC1CCCC1)c1cc(C#N)c2ccccc2n1. The lowest BCUT2D eigenvalue weighted by Crippen LogP contribution is -2.25. The Hall–Kier alpha value is -2.08. The van der Waals surface area contributed by atoms with Crippen LogP contribution in [0.3, 0.4) is 0 Å². The van der Waals surface area contributed by atoms with Gasteiger partial charge in [-0.15, -0.1) is 0 Å². The van der Waals surface area contributed by atoms with E-state index in [1.807, 2.05) is 30.3 Å². The highest BCUT2D eigenvalue weighted by atomic mass is 15.2. The number of anilines is 1. The van der Waals surface area contributed by atoms with Crippen molar-refractivity contribution in [3.05, 3.63) is 35.9 Å². The molecular formula is C17H19N3. The number of pyridine rings is 1. The summed E-state index contributed by atoms with van der Waals surface area (Å²) in [5, 5.41) is 10.3. The Kier molecular flexibility index (Phi) is 3.56. The molecule has 1 aliphatic carbocycles. The second-order valence-corrected chi connectivity index (χ2v) is 5.69. The summed E-state index contributed by atoms with van der Waals surface area (Å²) < 4.78 is 0. The summed E-state index contributed by atoms with van der Waals surface area (Å²) in [4.78, 5) is 6.90. The van der Waals surface area contributed by atoms with Crippen LogP contribution in [0.4, 0.5) is 5.82 Å². The first-order chi connectivity index (χ1) is 9.78. The van der Waals surface area contributed by atoms with Crippen molar-refractivity contribution in [3.63, 3.8) is 0 Å². The highest BCUT2D eigenvalue weighted by Crippen LogP contribution is 2.27. The molecule has 0 radical (unpaired) electrons. The number of para-hydroxylation sites is 1. The Labute approximate surface area is 119 Å². The van der Waals surface area contributed by atoms with Crippen LogP contribution in [0.2, 0.25) is 0 Å². The molecule has 0 atom stereocenters. The predicted molar refractivity (Wildman–Crippen MR) is 81.7 cm³/mol. The lowest BCUT2D eigenvalue weighted by Gasteiger charge is -2.22. The number of nitriles is 1. The lowest BCUT2D eigenvalue weighted by atomic mass is 10.1. The Morgan fingerprint density at radius 1 is 1.30 bits per heavy atom. The van der Waals surface area contributed by atoms with Crippen LogP contribution in [0.15, 0.2) is 30.3 Å². The van der Waals surface area contributed by atoms with Crippen LogP contribution in [0.25, 0.3) is 10.9 Å². The number of hydrogen-bond donors (Lipinski definition) is 0. The molecule has 0 saturated heterocycles. The third-order valence-electron chi connectivity index (χ3n) is 4.22. The van der Waals surface area contributed by atoms with Crippen LogP contribution in [-0.2, 0) is 0 Å². The molecule has 3 nitrogen and oxygen atoms in total. The van der Waals surface area contributed by atoms with Gasteiger partial charge < -0.3 is 4.90 Å². The predicted octanol–water partition coefficient (Wildman–Crippen LogP) is 3.73. The molecule has 0 amide bonds. The molecule has 1 aromatic carbocycles. The Bertz CT molecular complexity index is 651. The van der Waals surface area contributed by atoms with Gasteiger partial charge >= 0.3 is 0 Å². The molecule has 1 heterocycles. The molecular weight excluding hydrogens is 246 g/mol. The zero-order chi connectivity index (χ0) is 13.9. The van der Waals surface area contributed by atoms with E-state index in [9.17, 15) is 5.26 Å². The first-order valence-corrected chi connectivity index (χ1v) is 7.29. The minimum absolute atomic E-state index is 0.712. The molecule has 20 heavy (non-hydrogen) atoms. The van der Waals surface area contributed by atoms with Gasteiger partial charge in [-0.1, -0.05) is 31.0 Å². The summed E-state index contributed by atoms with van der Waals surface area (Å²) in [6.07, 6.45) is 5.35. The van der Waals surface area contributed by atoms with Gasteiger partial charge in [0.1, 0.15) is 5.82 Å². The molecule has 1 aromatic heterocycles. The summed E-state index contributed by atoms with van der Waals surface area (Å²) in [6.45, 7) is 1.04. The highest BCUT2D eigenvalue weighted by molar-refractivity contribution is 5.86. The van der Waals surface area contributed by atoms with E-state index >= 15 is 0 Å². The summed E-state index contributed by atoms with van der Waals surface area (Å²) >= 11 is 0. The molecule has 3 rings (SSSR count). The molecule has 1 saturated carbocycles. The zero-order valence-corrected chi connectivity index (χ0v) is 11.8. The van der Waals surface area contributed by atoms with Crippen LogP contribution < -0.4 is 4.90 Å². The van der Waals surface area contributed by atoms with E-state index in [2.05, 4.69) is 18.0 Å². The maximum atomic E-state index is 9.33. The average molecular weight is 265 g/mol. The minimum atomic E-state index is 0.712. The van der Waals surface area contributed by atoms with E-state index in [-0.39, 0.29) is 0 Å². The Balaban J connectivity index is 1.92. The van der Waals surface area contributed by atoms with Crippen molar-refractivity contribution in [3.8, 4) is 6.07 Å². The first kappa shape index (κ1) is 12.9. The second-order valence-electron chi connectivity index (χ2n) is 5.69. The van der Waals surface area contributed by atoms with Gasteiger partial charge in [-0.05, 0) is 30.9 Å². The fraction of sp³-hybridized carbons (Fsp3) is 0.412. The van der Waals surface area contributed by atoms with E-state index in [1.54, 1.807) is 0 Å². The normalized spacial score (nSPS) is 15.4. The van der Waals surface area contributed by atoms with Crippen LogP contribution >= 0.6 is 0 Å². The largest absolute Gasteiger partial charge is 0.359 e. The summed E-state index contributed by atoms with van der Waals surface area (Å²) in [6, 6.07) is 12.1. The van der Waals surface area contributed by atoms with Gasteiger partial charge in [-0.3, -0.25) is 0 Å². The second kappa shape index (κ2) is 5.50. The molecule has 102 valence electrons. The molecule has 0 N–H and O–H groups in total. The molecule has 0 spiro atoms. The minimum Gasteiger partial charge on any atom is -0.359 e. The number of hydrogen-bond acceptors (Lipinski definition) is 3. The van der Waals surface area contributed by atoms with Crippen LogP contribution in [-0.4, -0.2) is 18.6 Å². The van der Waals surface area contributed by atoms with Gasteiger partial charge in [0.2, 0.25) is 0 Å². The monoisotopic (exact) mass is 265 g/mol. The fourth-order valence-electron chi connectivity index (χ4n) is 3.12. The molecule has 2 aromatic rings. The molecule has 1 aliphatic rings. The standard InChI is InChI=1S/C17H19N3/c1-20(12-13-6-2-3-7-13)17-10-14(11-18)15-8-4-5-9-16(15)19-17/h4-5,8-10,13H,2-3,6-7,12H2,1H3. The number of rotatable bonds is 3. The Morgan fingerprint density at radius 2 is 2.05 bits per heavy atom. The molecule has 0 unspecified atom stereocenters. The number of fused-ring (bicyclic) bond motifs is 1. The summed E-state index contributed by atoms with van der Waals surface area (Å²) in [5.74, 6) is 1.69. The van der Waals surface area contributed by atoms with Crippen LogP contribution in [0.5, 0.6) is 0 Å².